The van der Waals surface area contributed by atoms with Gasteiger partial charge in [-0.1, -0.05) is 12.1 Å². The number of rotatable bonds is 4. The molecule has 170 valence electrons. The molecule has 2 saturated heterocycles. The van der Waals surface area contributed by atoms with Crippen LogP contribution in [0.15, 0.2) is 29.3 Å². The minimum absolute atomic E-state index is 0. The van der Waals surface area contributed by atoms with Crippen LogP contribution in [-0.2, 0) is 20.9 Å². The van der Waals surface area contributed by atoms with Crippen LogP contribution in [0.1, 0.15) is 23.7 Å². The first-order chi connectivity index (χ1) is 13.7. The van der Waals surface area contributed by atoms with E-state index in [1.54, 1.807) is 13.1 Å². The van der Waals surface area contributed by atoms with E-state index in [1.165, 1.54) is 10.4 Å². The average Bonchev–Trinajstić information content (AvgIpc) is 3.03. The summed E-state index contributed by atoms with van der Waals surface area (Å²) in [5.41, 5.74) is -0.242. The molecule has 2 aliphatic rings. The van der Waals surface area contributed by atoms with Crippen molar-refractivity contribution in [2.45, 2.75) is 18.7 Å². The molecule has 1 atom stereocenters. The number of hydrogen-bond acceptors (Lipinski definition) is 4. The van der Waals surface area contributed by atoms with E-state index < -0.39 is 27.9 Å². The number of nitrogens with one attached hydrogen (secondary N) is 1. The maximum absolute atomic E-state index is 13.0. The standard InChI is InChI=1S/C18H25F3N4O3S.HI/c1-22-17(23-6-8-25-7-3-11-29(25,26)27)24-9-10-28-16(13-24)14-4-2-5-15(12-14)18(19,20)21;/h2,4-5,12,16H,3,6-11,13H2,1H3,(H,22,23);1H. The number of halogens is 4. The van der Waals surface area contributed by atoms with Crippen LogP contribution in [0.5, 0.6) is 0 Å². The van der Waals surface area contributed by atoms with Gasteiger partial charge in [0.2, 0.25) is 10.0 Å². The number of nitrogens with zero attached hydrogens (tertiary/aromatic N) is 3. The van der Waals surface area contributed by atoms with Crippen molar-refractivity contribution in [1.29, 1.82) is 0 Å². The minimum Gasteiger partial charge on any atom is -0.370 e. The average molecular weight is 562 g/mol. The van der Waals surface area contributed by atoms with Gasteiger partial charge in [-0.25, -0.2) is 12.7 Å². The van der Waals surface area contributed by atoms with E-state index in [4.69, 9.17) is 4.74 Å². The van der Waals surface area contributed by atoms with Gasteiger partial charge in [-0.05, 0) is 24.1 Å². The topological polar surface area (TPSA) is 74.2 Å². The molecule has 2 heterocycles. The van der Waals surface area contributed by atoms with Crippen molar-refractivity contribution >= 4 is 40.0 Å². The Kier molecular flexibility index (Phi) is 8.77. The number of benzene rings is 1. The van der Waals surface area contributed by atoms with Crippen molar-refractivity contribution in [2.75, 3.05) is 52.1 Å². The van der Waals surface area contributed by atoms with Gasteiger partial charge in [-0.15, -0.1) is 24.0 Å². The smallest absolute Gasteiger partial charge is 0.370 e. The van der Waals surface area contributed by atoms with Gasteiger partial charge >= 0.3 is 6.18 Å². The van der Waals surface area contributed by atoms with Gasteiger partial charge in [0, 0.05) is 33.2 Å². The van der Waals surface area contributed by atoms with Gasteiger partial charge in [0.1, 0.15) is 6.10 Å². The van der Waals surface area contributed by atoms with Crippen molar-refractivity contribution in [3.05, 3.63) is 35.4 Å². The van der Waals surface area contributed by atoms with Crippen LogP contribution in [0.2, 0.25) is 0 Å². The first-order valence-electron chi connectivity index (χ1n) is 9.43. The maximum Gasteiger partial charge on any atom is 0.416 e. The van der Waals surface area contributed by atoms with Gasteiger partial charge in [0.15, 0.2) is 5.96 Å². The minimum atomic E-state index is -4.40. The van der Waals surface area contributed by atoms with Crippen molar-refractivity contribution in [3.8, 4) is 0 Å². The number of sulfonamides is 1. The Bertz CT molecular complexity index is 851. The van der Waals surface area contributed by atoms with Crippen LogP contribution in [0.3, 0.4) is 0 Å². The van der Waals surface area contributed by atoms with E-state index in [9.17, 15) is 21.6 Å². The molecule has 0 spiro atoms. The van der Waals surface area contributed by atoms with Crippen molar-refractivity contribution < 1.29 is 26.3 Å². The summed E-state index contributed by atoms with van der Waals surface area (Å²) in [6.07, 6.45) is -4.28. The van der Waals surface area contributed by atoms with E-state index in [0.29, 0.717) is 57.3 Å². The summed E-state index contributed by atoms with van der Waals surface area (Å²) in [5, 5.41) is 3.15. The number of alkyl halides is 3. The molecule has 0 saturated carbocycles. The lowest BCUT2D eigenvalue weighted by atomic mass is 10.0. The van der Waals surface area contributed by atoms with Crippen molar-refractivity contribution in [1.82, 2.24) is 14.5 Å². The largest absolute Gasteiger partial charge is 0.416 e. The molecule has 1 aromatic carbocycles. The number of guanidine groups is 1. The van der Waals surface area contributed by atoms with Crippen LogP contribution in [-0.4, -0.2) is 75.7 Å². The van der Waals surface area contributed by atoms with E-state index in [-0.39, 0.29) is 29.7 Å². The maximum atomic E-state index is 13.0. The van der Waals surface area contributed by atoms with Crippen LogP contribution in [0, 0.1) is 0 Å². The van der Waals surface area contributed by atoms with Crippen LogP contribution in [0.25, 0.3) is 0 Å². The van der Waals surface area contributed by atoms with Crippen molar-refractivity contribution in [2.24, 2.45) is 4.99 Å². The monoisotopic (exact) mass is 562 g/mol. The molecule has 0 aromatic heterocycles. The summed E-state index contributed by atoms with van der Waals surface area (Å²) in [6, 6.07) is 5.15. The van der Waals surface area contributed by atoms with Gasteiger partial charge in [-0.2, -0.15) is 13.2 Å². The van der Waals surface area contributed by atoms with Crippen molar-refractivity contribution in [3.63, 3.8) is 0 Å². The summed E-state index contributed by atoms with van der Waals surface area (Å²) in [7, 11) is -1.53. The van der Waals surface area contributed by atoms with E-state index in [1.807, 2.05) is 4.90 Å². The molecule has 3 rings (SSSR count). The molecule has 1 aromatic rings. The fourth-order valence-corrected chi connectivity index (χ4v) is 5.05. The van der Waals surface area contributed by atoms with E-state index in [2.05, 4.69) is 10.3 Å². The zero-order valence-electron chi connectivity index (χ0n) is 16.6. The number of ether oxygens (including phenoxy) is 1. The molecule has 7 nitrogen and oxygen atoms in total. The van der Waals surface area contributed by atoms with Crippen LogP contribution >= 0.6 is 24.0 Å². The lowest BCUT2D eigenvalue weighted by molar-refractivity contribution is -0.137. The van der Waals surface area contributed by atoms with Crippen LogP contribution in [0.4, 0.5) is 13.2 Å². The highest BCUT2D eigenvalue weighted by Gasteiger charge is 2.32. The van der Waals surface area contributed by atoms with E-state index >= 15 is 0 Å². The first-order valence-corrected chi connectivity index (χ1v) is 11.0. The second-order valence-electron chi connectivity index (χ2n) is 6.97. The highest BCUT2D eigenvalue weighted by molar-refractivity contribution is 14.0. The Morgan fingerprint density at radius 1 is 1.33 bits per heavy atom. The Morgan fingerprint density at radius 2 is 2.10 bits per heavy atom. The molecular weight excluding hydrogens is 536 g/mol. The molecule has 2 aliphatic heterocycles. The molecule has 2 fully saturated rings. The third kappa shape index (κ3) is 6.20. The highest BCUT2D eigenvalue weighted by atomic mass is 127. The summed E-state index contributed by atoms with van der Waals surface area (Å²) in [5.74, 6) is 0.756. The zero-order chi connectivity index (χ0) is 21.1. The quantitative estimate of drug-likeness (QED) is 0.347. The molecule has 1 N–H and O–H groups in total. The number of aliphatic imine (C=N–C) groups is 1. The molecule has 12 heteroatoms. The summed E-state index contributed by atoms with van der Waals surface area (Å²) in [6.45, 7) is 2.51. The first kappa shape index (κ1) is 25.1. The van der Waals surface area contributed by atoms with E-state index in [0.717, 1.165) is 12.1 Å². The molecule has 0 amide bonds. The zero-order valence-corrected chi connectivity index (χ0v) is 19.7. The summed E-state index contributed by atoms with van der Waals surface area (Å²) < 4.78 is 69.9. The lowest BCUT2D eigenvalue weighted by Crippen LogP contribution is -2.49. The Balaban J connectivity index is 0.00000320. The molecule has 30 heavy (non-hydrogen) atoms. The predicted molar refractivity (Wildman–Crippen MR) is 118 cm³/mol. The fraction of sp³-hybridized carbons (Fsp3) is 0.611. The Hall–Kier alpha value is -1.12. The highest BCUT2D eigenvalue weighted by Crippen LogP contribution is 2.32. The molecule has 0 bridgehead atoms. The van der Waals surface area contributed by atoms with Gasteiger partial charge in [0.25, 0.3) is 0 Å². The molecule has 1 unspecified atom stereocenters. The normalized spacial score (nSPS) is 22.6. The second kappa shape index (κ2) is 10.5. The SMILES string of the molecule is CN=C(NCCN1CCCS1(=O)=O)N1CCOC(c2cccc(C(F)(F)F)c2)C1.I. The third-order valence-corrected chi connectivity index (χ3v) is 6.97. The third-order valence-electron chi connectivity index (χ3n) is 5.01. The fourth-order valence-electron chi connectivity index (χ4n) is 3.53. The summed E-state index contributed by atoms with van der Waals surface area (Å²) in [4.78, 5) is 6.13. The van der Waals surface area contributed by atoms with Gasteiger partial charge in [0.05, 0.1) is 24.5 Å². The summed E-state index contributed by atoms with van der Waals surface area (Å²) >= 11 is 0. The Morgan fingerprint density at radius 3 is 2.73 bits per heavy atom. The predicted octanol–water partition coefficient (Wildman–Crippen LogP) is 2.31. The van der Waals surface area contributed by atoms with Gasteiger partial charge < -0.3 is 15.0 Å². The molecule has 0 radical (unpaired) electrons. The lowest BCUT2D eigenvalue weighted by Gasteiger charge is -2.35. The van der Waals surface area contributed by atoms with Crippen LogP contribution < -0.4 is 5.32 Å². The van der Waals surface area contributed by atoms with Gasteiger partial charge in [-0.3, -0.25) is 4.99 Å². The second-order valence-corrected chi connectivity index (χ2v) is 9.06. The Labute approximate surface area is 191 Å². The number of morpholine rings is 1. The number of hydrogen-bond donors (Lipinski definition) is 1. The molecule has 0 aliphatic carbocycles. The molecular formula is C18H26F3IN4O3S.